The van der Waals surface area contributed by atoms with Gasteiger partial charge in [-0.05, 0) is 32.0 Å². The van der Waals surface area contributed by atoms with Crippen molar-refractivity contribution in [3.8, 4) is 6.07 Å². The van der Waals surface area contributed by atoms with Gasteiger partial charge >= 0.3 is 12.0 Å². The molecule has 0 aliphatic heterocycles. The van der Waals surface area contributed by atoms with Gasteiger partial charge in [0.1, 0.15) is 6.54 Å². The Bertz CT molecular complexity index is 566. The summed E-state index contributed by atoms with van der Waals surface area (Å²) in [6.45, 7) is 3.02. The lowest BCUT2D eigenvalue weighted by Gasteiger charge is -2.25. The zero-order chi connectivity index (χ0) is 15.3. The van der Waals surface area contributed by atoms with Crippen molar-refractivity contribution < 1.29 is 14.7 Å². The highest BCUT2D eigenvalue weighted by molar-refractivity contribution is 6.33. The number of aliphatic carboxylic acids is 1. The van der Waals surface area contributed by atoms with E-state index in [-0.39, 0.29) is 11.1 Å². The summed E-state index contributed by atoms with van der Waals surface area (Å²) >= 11 is 5.94. The first-order valence-electron chi connectivity index (χ1n) is 5.84. The zero-order valence-corrected chi connectivity index (χ0v) is 11.8. The maximum atomic E-state index is 12.0. The van der Waals surface area contributed by atoms with Crippen molar-refractivity contribution in [2.45, 2.75) is 19.9 Å². The number of carboxylic acid groups (broad SMARTS) is 1. The van der Waals surface area contributed by atoms with Gasteiger partial charge in [-0.15, -0.1) is 0 Å². The van der Waals surface area contributed by atoms with Gasteiger partial charge in [-0.3, -0.25) is 4.79 Å². The van der Waals surface area contributed by atoms with Crippen LogP contribution < -0.4 is 5.32 Å². The number of carbonyl (C=O) groups is 2. The van der Waals surface area contributed by atoms with Crippen LogP contribution in [0.25, 0.3) is 0 Å². The number of nitriles is 1. The largest absolute Gasteiger partial charge is 0.480 e. The van der Waals surface area contributed by atoms with Gasteiger partial charge in [0.15, 0.2) is 0 Å². The third kappa shape index (κ3) is 4.14. The van der Waals surface area contributed by atoms with Crippen LogP contribution in [0.3, 0.4) is 0 Å². The predicted molar refractivity (Wildman–Crippen MR) is 74.7 cm³/mol. The number of benzene rings is 1. The van der Waals surface area contributed by atoms with Crippen LogP contribution in [0.2, 0.25) is 5.02 Å². The molecule has 0 aliphatic rings. The Labute approximate surface area is 121 Å². The molecule has 7 heteroatoms. The van der Waals surface area contributed by atoms with E-state index >= 15 is 0 Å². The Balaban J connectivity index is 2.88. The lowest BCUT2D eigenvalue weighted by atomic mass is 10.2. The lowest BCUT2D eigenvalue weighted by molar-refractivity contribution is -0.137. The Morgan fingerprint density at radius 2 is 2.15 bits per heavy atom. The van der Waals surface area contributed by atoms with E-state index in [1.165, 1.54) is 18.2 Å². The molecule has 106 valence electrons. The van der Waals surface area contributed by atoms with Gasteiger partial charge in [0.2, 0.25) is 0 Å². The van der Waals surface area contributed by atoms with Crippen LogP contribution in [-0.4, -0.2) is 34.6 Å². The van der Waals surface area contributed by atoms with E-state index in [4.69, 9.17) is 22.0 Å². The summed E-state index contributed by atoms with van der Waals surface area (Å²) in [5.41, 5.74) is 0.700. The number of nitrogens with one attached hydrogen (secondary N) is 1. The molecule has 0 aromatic heterocycles. The highest BCUT2D eigenvalue weighted by atomic mass is 35.5. The normalized spacial score (nSPS) is 9.95. The number of anilines is 1. The number of urea groups is 1. The average molecular weight is 296 g/mol. The maximum Gasteiger partial charge on any atom is 0.323 e. The smallest absolute Gasteiger partial charge is 0.323 e. The Morgan fingerprint density at radius 3 is 2.60 bits per heavy atom. The van der Waals surface area contributed by atoms with Gasteiger partial charge in [-0.2, -0.15) is 5.26 Å². The van der Waals surface area contributed by atoms with Crippen molar-refractivity contribution in [1.82, 2.24) is 4.90 Å². The first-order valence-corrected chi connectivity index (χ1v) is 6.22. The van der Waals surface area contributed by atoms with Gasteiger partial charge in [-0.1, -0.05) is 11.6 Å². The average Bonchev–Trinajstić information content (AvgIpc) is 2.37. The molecule has 6 nitrogen and oxygen atoms in total. The second-order valence-electron chi connectivity index (χ2n) is 4.35. The minimum Gasteiger partial charge on any atom is -0.480 e. The molecule has 0 aliphatic carbocycles. The third-order valence-corrected chi connectivity index (χ3v) is 2.84. The van der Waals surface area contributed by atoms with Crippen molar-refractivity contribution in [3.05, 3.63) is 28.8 Å². The molecular weight excluding hydrogens is 282 g/mol. The number of hydrogen-bond donors (Lipinski definition) is 2. The first-order chi connectivity index (χ1) is 9.35. The minimum atomic E-state index is -1.10. The summed E-state index contributed by atoms with van der Waals surface area (Å²) in [6, 6.07) is 5.53. The highest BCUT2D eigenvalue weighted by Crippen LogP contribution is 2.23. The van der Waals surface area contributed by atoms with Gasteiger partial charge in [0, 0.05) is 6.04 Å². The molecule has 20 heavy (non-hydrogen) atoms. The summed E-state index contributed by atoms with van der Waals surface area (Å²) in [6.07, 6.45) is 0. The fourth-order valence-corrected chi connectivity index (χ4v) is 1.74. The predicted octanol–water partition coefficient (Wildman–Crippen LogP) is 2.54. The van der Waals surface area contributed by atoms with Gasteiger partial charge in [-0.25, -0.2) is 4.79 Å². The van der Waals surface area contributed by atoms with Crippen molar-refractivity contribution in [2.75, 3.05) is 11.9 Å². The van der Waals surface area contributed by atoms with E-state index < -0.39 is 18.5 Å². The SMILES string of the molecule is CC(C)N(CC(=O)O)C(=O)Nc1ccc(C#N)cc1Cl. The molecule has 0 bridgehead atoms. The summed E-state index contributed by atoms with van der Waals surface area (Å²) < 4.78 is 0. The summed E-state index contributed by atoms with van der Waals surface area (Å²) in [4.78, 5) is 23.9. The monoisotopic (exact) mass is 295 g/mol. The maximum absolute atomic E-state index is 12.0. The topological polar surface area (TPSA) is 93.4 Å². The molecule has 0 saturated heterocycles. The van der Waals surface area contributed by atoms with Gasteiger partial charge < -0.3 is 15.3 Å². The minimum absolute atomic E-state index is 0.219. The lowest BCUT2D eigenvalue weighted by Crippen LogP contribution is -2.43. The molecule has 1 aromatic rings. The van der Waals surface area contributed by atoms with Crippen LogP contribution in [0.4, 0.5) is 10.5 Å². The molecule has 2 N–H and O–H groups in total. The van der Waals surface area contributed by atoms with E-state index in [2.05, 4.69) is 5.32 Å². The van der Waals surface area contributed by atoms with Crippen molar-refractivity contribution >= 4 is 29.3 Å². The van der Waals surface area contributed by atoms with Crippen LogP contribution in [0.5, 0.6) is 0 Å². The molecule has 1 aromatic carbocycles. The van der Waals surface area contributed by atoms with Crippen LogP contribution in [0, 0.1) is 11.3 Å². The molecule has 0 heterocycles. The fourth-order valence-electron chi connectivity index (χ4n) is 1.51. The number of hydrogen-bond acceptors (Lipinski definition) is 3. The molecular formula is C13H14ClN3O3. The second kappa shape index (κ2) is 6.78. The summed E-state index contributed by atoms with van der Waals surface area (Å²) in [7, 11) is 0. The number of rotatable bonds is 4. The van der Waals surface area contributed by atoms with E-state index in [1.54, 1.807) is 13.8 Å². The molecule has 0 spiro atoms. The standard InChI is InChI=1S/C13H14ClN3O3/c1-8(2)17(7-12(18)19)13(20)16-11-4-3-9(6-15)5-10(11)14/h3-5,8H,7H2,1-2H3,(H,16,20)(H,18,19). The Morgan fingerprint density at radius 1 is 1.50 bits per heavy atom. The molecule has 0 saturated carbocycles. The number of halogens is 1. The van der Waals surface area contributed by atoms with Crippen molar-refractivity contribution in [1.29, 1.82) is 5.26 Å². The molecule has 0 radical (unpaired) electrons. The highest BCUT2D eigenvalue weighted by Gasteiger charge is 2.20. The molecule has 0 unspecified atom stereocenters. The van der Waals surface area contributed by atoms with Crippen LogP contribution in [-0.2, 0) is 4.79 Å². The summed E-state index contributed by atoms with van der Waals surface area (Å²) in [5, 5.41) is 20.3. The fraction of sp³-hybridized carbons (Fsp3) is 0.308. The third-order valence-electron chi connectivity index (χ3n) is 2.53. The van der Waals surface area contributed by atoms with Crippen LogP contribution in [0.1, 0.15) is 19.4 Å². The number of carboxylic acids is 1. The Hall–Kier alpha value is -2.26. The quantitative estimate of drug-likeness (QED) is 0.892. The van der Waals surface area contributed by atoms with Crippen molar-refractivity contribution in [3.63, 3.8) is 0 Å². The van der Waals surface area contributed by atoms with Gasteiger partial charge in [0.05, 0.1) is 22.3 Å². The molecule has 2 amide bonds. The zero-order valence-electron chi connectivity index (χ0n) is 11.1. The van der Waals surface area contributed by atoms with E-state index in [9.17, 15) is 9.59 Å². The number of amides is 2. The first kappa shape index (κ1) is 15.8. The molecule has 0 atom stereocenters. The molecule has 1 rings (SSSR count). The van der Waals surface area contributed by atoms with Gasteiger partial charge in [0.25, 0.3) is 0 Å². The van der Waals surface area contributed by atoms with Crippen molar-refractivity contribution in [2.24, 2.45) is 0 Å². The second-order valence-corrected chi connectivity index (χ2v) is 4.76. The molecule has 0 fully saturated rings. The van der Waals surface area contributed by atoms with E-state index in [0.29, 0.717) is 11.3 Å². The number of nitrogens with zero attached hydrogens (tertiary/aromatic N) is 2. The summed E-state index contributed by atoms with van der Waals surface area (Å²) in [5.74, 6) is -1.10. The van der Waals surface area contributed by atoms with Crippen LogP contribution >= 0.6 is 11.6 Å². The van der Waals surface area contributed by atoms with E-state index in [1.807, 2.05) is 6.07 Å². The number of carbonyl (C=O) groups excluding carboxylic acids is 1. The Kier molecular flexibility index (Phi) is 5.35. The van der Waals surface area contributed by atoms with E-state index in [0.717, 1.165) is 4.90 Å². The van der Waals surface area contributed by atoms with Crippen LogP contribution in [0.15, 0.2) is 18.2 Å².